The molecule has 0 N–H and O–H groups in total. The Balaban J connectivity index is 1.94. The lowest BCUT2D eigenvalue weighted by molar-refractivity contribution is 1.18. The minimum Gasteiger partial charge on any atom is -0.228 e. The molecule has 4 aromatic rings. The van der Waals surface area contributed by atoms with Crippen LogP contribution in [0.25, 0.3) is 33.9 Å². The topological polar surface area (TPSA) is 25.8 Å². The van der Waals surface area contributed by atoms with Crippen LogP contribution < -0.4 is 5.46 Å². The lowest BCUT2D eigenvalue weighted by Crippen LogP contribution is -2.07. The average molecular weight is 318 g/mol. The summed E-state index contributed by atoms with van der Waals surface area (Å²) in [7, 11) is 6.17. The van der Waals surface area contributed by atoms with Crippen molar-refractivity contribution in [3.05, 3.63) is 91.0 Å². The molecule has 4 rings (SSSR count). The first-order valence-electron chi connectivity index (χ1n) is 8.16. The van der Waals surface area contributed by atoms with Crippen LogP contribution in [-0.2, 0) is 0 Å². The standard InChI is InChI=1S/C22H15BN2/c23-19-14-8-7-13-18(19)21-15-20(16-9-3-1-4-10-16)24-22(25-21)17-11-5-2-6-12-17/h1-15H. The van der Waals surface area contributed by atoms with E-state index in [1.54, 1.807) is 0 Å². The van der Waals surface area contributed by atoms with E-state index in [9.17, 15) is 0 Å². The number of hydrogen-bond donors (Lipinski definition) is 0. The van der Waals surface area contributed by atoms with Crippen molar-refractivity contribution < 1.29 is 0 Å². The minimum absolute atomic E-state index is 0.695. The van der Waals surface area contributed by atoms with Gasteiger partial charge in [0.25, 0.3) is 0 Å². The number of hydrogen-bond acceptors (Lipinski definition) is 2. The summed E-state index contributed by atoms with van der Waals surface area (Å²) >= 11 is 0. The van der Waals surface area contributed by atoms with Crippen LogP contribution in [0.4, 0.5) is 0 Å². The van der Waals surface area contributed by atoms with Gasteiger partial charge in [-0.05, 0) is 11.6 Å². The van der Waals surface area contributed by atoms with Gasteiger partial charge in [-0.1, -0.05) is 90.4 Å². The molecule has 2 nitrogen and oxygen atoms in total. The lowest BCUT2D eigenvalue weighted by Gasteiger charge is -2.11. The maximum Gasteiger partial charge on any atom is 0.160 e. The molecule has 1 aromatic heterocycles. The molecule has 25 heavy (non-hydrogen) atoms. The van der Waals surface area contributed by atoms with Gasteiger partial charge in [0.05, 0.1) is 11.4 Å². The SMILES string of the molecule is [B]c1ccccc1-c1cc(-c2ccccc2)nc(-c2ccccc2)n1. The molecule has 0 aliphatic rings. The molecule has 2 radical (unpaired) electrons. The Hall–Kier alpha value is -3.20. The first-order chi connectivity index (χ1) is 12.3. The van der Waals surface area contributed by atoms with Crippen molar-refractivity contribution in [1.82, 2.24) is 9.97 Å². The van der Waals surface area contributed by atoms with Gasteiger partial charge in [0.1, 0.15) is 7.85 Å². The van der Waals surface area contributed by atoms with Crippen molar-refractivity contribution in [3.63, 3.8) is 0 Å². The monoisotopic (exact) mass is 318 g/mol. The van der Waals surface area contributed by atoms with Gasteiger partial charge in [-0.25, -0.2) is 9.97 Å². The Morgan fingerprint density at radius 2 is 1.12 bits per heavy atom. The van der Waals surface area contributed by atoms with E-state index in [1.807, 2.05) is 78.9 Å². The number of aromatic nitrogens is 2. The van der Waals surface area contributed by atoms with Gasteiger partial charge >= 0.3 is 0 Å². The van der Waals surface area contributed by atoms with E-state index in [-0.39, 0.29) is 0 Å². The molecule has 116 valence electrons. The molecule has 0 saturated heterocycles. The summed E-state index contributed by atoms with van der Waals surface area (Å²) < 4.78 is 0. The zero-order valence-electron chi connectivity index (χ0n) is 13.6. The van der Waals surface area contributed by atoms with Crippen molar-refractivity contribution in [2.24, 2.45) is 0 Å². The largest absolute Gasteiger partial charge is 0.228 e. The molecule has 0 amide bonds. The zero-order chi connectivity index (χ0) is 17.1. The van der Waals surface area contributed by atoms with E-state index >= 15 is 0 Å². The van der Waals surface area contributed by atoms with Crippen LogP contribution in [0.15, 0.2) is 91.0 Å². The second-order valence-electron chi connectivity index (χ2n) is 5.78. The molecule has 3 heteroatoms. The van der Waals surface area contributed by atoms with E-state index < -0.39 is 0 Å². The smallest absolute Gasteiger partial charge is 0.160 e. The fourth-order valence-electron chi connectivity index (χ4n) is 2.79. The molecule has 0 aliphatic carbocycles. The van der Waals surface area contributed by atoms with E-state index in [1.165, 1.54) is 0 Å². The maximum absolute atomic E-state index is 6.17. The molecule has 1 heterocycles. The first kappa shape index (κ1) is 15.3. The molecular formula is C22H15BN2. The van der Waals surface area contributed by atoms with Gasteiger partial charge in [-0.3, -0.25) is 0 Å². The quantitative estimate of drug-likeness (QED) is 0.527. The maximum atomic E-state index is 6.17. The van der Waals surface area contributed by atoms with Gasteiger partial charge in [0.15, 0.2) is 5.82 Å². The molecule has 0 spiro atoms. The van der Waals surface area contributed by atoms with Crippen molar-refractivity contribution >= 4 is 13.3 Å². The van der Waals surface area contributed by atoms with Gasteiger partial charge in [0.2, 0.25) is 0 Å². The highest BCUT2D eigenvalue weighted by molar-refractivity contribution is 6.35. The van der Waals surface area contributed by atoms with Gasteiger partial charge in [-0.15, -0.1) is 0 Å². The second-order valence-corrected chi connectivity index (χ2v) is 5.78. The fourth-order valence-corrected chi connectivity index (χ4v) is 2.79. The van der Waals surface area contributed by atoms with Crippen molar-refractivity contribution in [1.29, 1.82) is 0 Å². The van der Waals surface area contributed by atoms with Gasteiger partial charge in [-0.2, -0.15) is 0 Å². The fraction of sp³-hybridized carbons (Fsp3) is 0. The Morgan fingerprint density at radius 1 is 0.560 bits per heavy atom. The predicted octanol–water partition coefficient (Wildman–Crippen LogP) is 4.27. The number of rotatable bonds is 3. The van der Waals surface area contributed by atoms with Crippen LogP contribution in [0.1, 0.15) is 0 Å². The third kappa shape index (κ3) is 3.22. The van der Waals surface area contributed by atoms with Crippen LogP contribution in [0.5, 0.6) is 0 Å². The van der Waals surface area contributed by atoms with E-state index in [0.29, 0.717) is 11.3 Å². The molecule has 0 fully saturated rings. The van der Waals surface area contributed by atoms with Crippen LogP contribution in [0.3, 0.4) is 0 Å². The lowest BCUT2D eigenvalue weighted by atomic mass is 9.89. The van der Waals surface area contributed by atoms with Crippen molar-refractivity contribution in [2.45, 2.75) is 0 Å². The summed E-state index contributed by atoms with van der Waals surface area (Å²) in [6.45, 7) is 0. The summed E-state index contributed by atoms with van der Waals surface area (Å²) in [5.41, 5.74) is 5.37. The molecule has 0 bridgehead atoms. The van der Waals surface area contributed by atoms with Crippen LogP contribution in [0, 0.1) is 0 Å². The van der Waals surface area contributed by atoms with Crippen molar-refractivity contribution in [2.75, 3.05) is 0 Å². The van der Waals surface area contributed by atoms with Crippen molar-refractivity contribution in [3.8, 4) is 33.9 Å². The van der Waals surface area contributed by atoms with E-state index in [4.69, 9.17) is 17.8 Å². The third-order valence-corrected chi connectivity index (χ3v) is 4.06. The minimum atomic E-state index is 0.695. The Bertz CT molecular complexity index is 941. The Kier molecular flexibility index (Phi) is 4.13. The highest BCUT2D eigenvalue weighted by Gasteiger charge is 2.11. The zero-order valence-corrected chi connectivity index (χ0v) is 13.6. The molecule has 0 saturated carbocycles. The normalized spacial score (nSPS) is 10.6. The van der Waals surface area contributed by atoms with Crippen LogP contribution >= 0.6 is 0 Å². The molecule has 0 aliphatic heterocycles. The summed E-state index contributed by atoms with van der Waals surface area (Å²) in [6, 6.07) is 29.9. The third-order valence-electron chi connectivity index (χ3n) is 4.06. The summed E-state index contributed by atoms with van der Waals surface area (Å²) in [5.74, 6) is 0.695. The van der Waals surface area contributed by atoms with Gasteiger partial charge < -0.3 is 0 Å². The molecular weight excluding hydrogens is 303 g/mol. The Morgan fingerprint density at radius 3 is 1.80 bits per heavy atom. The highest BCUT2D eigenvalue weighted by Crippen LogP contribution is 2.26. The van der Waals surface area contributed by atoms with E-state index in [0.717, 1.165) is 28.1 Å². The first-order valence-corrected chi connectivity index (χ1v) is 8.16. The average Bonchev–Trinajstić information content (AvgIpc) is 2.69. The van der Waals surface area contributed by atoms with E-state index in [2.05, 4.69) is 12.1 Å². The summed E-state index contributed by atoms with van der Waals surface area (Å²) in [6.07, 6.45) is 0. The highest BCUT2D eigenvalue weighted by atomic mass is 14.9. The molecule has 0 unspecified atom stereocenters. The van der Waals surface area contributed by atoms with Gasteiger partial charge in [0, 0.05) is 11.1 Å². The molecule has 3 aromatic carbocycles. The number of benzene rings is 3. The second kappa shape index (κ2) is 6.74. The summed E-state index contributed by atoms with van der Waals surface area (Å²) in [4.78, 5) is 9.55. The van der Waals surface area contributed by atoms with Crippen LogP contribution in [0.2, 0.25) is 0 Å². The molecule has 0 atom stereocenters. The van der Waals surface area contributed by atoms with Crippen LogP contribution in [-0.4, -0.2) is 17.8 Å². The number of nitrogens with zero attached hydrogens (tertiary/aromatic N) is 2. The Labute approximate surface area is 148 Å². The summed E-state index contributed by atoms with van der Waals surface area (Å²) in [5, 5.41) is 0. The predicted molar refractivity (Wildman–Crippen MR) is 104 cm³/mol.